The van der Waals surface area contributed by atoms with Crippen LogP contribution in [0.5, 0.6) is 0 Å². The molecule has 0 heterocycles. The zero-order valence-corrected chi connectivity index (χ0v) is 17.7. The highest BCUT2D eigenvalue weighted by molar-refractivity contribution is 5.12. The van der Waals surface area contributed by atoms with Crippen molar-refractivity contribution in [3.63, 3.8) is 0 Å². The number of hydrogen-bond donors (Lipinski definition) is 3. The summed E-state index contributed by atoms with van der Waals surface area (Å²) in [6.07, 6.45) is 10.9. The average Bonchev–Trinajstić information content (AvgIpc) is 3.00. The zero-order valence-electron chi connectivity index (χ0n) is 17.7. The van der Waals surface area contributed by atoms with Crippen LogP contribution in [0.3, 0.4) is 0 Å². The van der Waals surface area contributed by atoms with Gasteiger partial charge in [-0.05, 0) is 111 Å². The lowest BCUT2D eigenvalue weighted by molar-refractivity contribution is -0.174. The van der Waals surface area contributed by atoms with Crippen molar-refractivity contribution in [2.75, 3.05) is 6.61 Å². The lowest BCUT2D eigenvalue weighted by Crippen LogP contribution is -2.58. The molecule has 4 aliphatic rings. The molecule has 3 heteroatoms. The maximum Gasteiger partial charge on any atom is 0.0602 e. The summed E-state index contributed by atoms with van der Waals surface area (Å²) in [5, 5.41) is 30.9. The fourth-order valence-electron chi connectivity index (χ4n) is 8.77. The van der Waals surface area contributed by atoms with Crippen molar-refractivity contribution in [2.45, 2.75) is 97.2 Å². The number of rotatable bonds is 4. The van der Waals surface area contributed by atoms with E-state index in [1.165, 1.54) is 25.7 Å². The van der Waals surface area contributed by atoms with Gasteiger partial charge in [0.1, 0.15) is 0 Å². The summed E-state index contributed by atoms with van der Waals surface area (Å²) in [6, 6.07) is 0. The van der Waals surface area contributed by atoms with Crippen LogP contribution in [0, 0.1) is 46.3 Å². The molecular weight excluding hydrogens is 336 g/mol. The summed E-state index contributed by atoms with van der Waals surface area (Å²) in [4.78, 5) is 0. The fourth-order valence-corrected chi connectivity index (χ4v) is 8.77. The highest BCUT2D eigenvalue weighted by atomic mass is 16.3. The van der Waals surface area contributed by atoms with E-state index in [-0.39, 0.29) is 24.2 Å². The van der Waals surface area contributed by atoms with Gasteiger partial charge in [0.05, 0.1) is 12.2 Å². The molecule has 0 saturated heterocycles. The summed E-state index contributed by atoms with van der Waals surface area (Å²) >= 11 is 0. The van der Waals surface area contributed by atoms with E-state index < -0.39 is 0 Å². The van der Waals surface area contributed by atoms with E-state index in [0.29, 0.717) is 35.0 Å². The van der Waals surface area contributed by atoms with Crippen molar-refractivity contribution in [1.29, 1.82) is 0 Å². The van der Waals surface area contributed by atoms with Crippen LogP contribution in [0.2, 0.25) is 0 Å². The number of aliphatic hydroxyl groups is 3. The second kappa shape index (κ2) is 7.29. The van der Waals surface area contributed by atoms with Gasteiger partial charge in [0.25, 0.3) is 0 Å². The summed E-state index contributed by atoms with van der Waals surface area (Å²) in [6.45, 7) is 7.54. The molecule has 0 aromatic rings. The van der Waals surface area contributed by atoms with Gasteiger partial charge in [0.2, 0.25) is 0 Å². The van der Waals surface area contributed by atoms with Gasteiger partial charge < -0.3 is 15.3 Å². The molecule has 10 atom stereocenters. The highest BCUT2D eigenvalue weighted by Gasteiger charge is 2.63. The van der Waals surface area contributed by atoms with Gasteiger partial charge in [0.15, 0.2) is 0 Å². The second-order valence-corrected chi connectivity index (χ2v) is 11.2. The summed E-state index contributed by atoms with van der Waals surface area (Å²) in [5.41, 5.74) is 0.387. The molecule has 0 spiro atoms. The summed E-state index contributed by atoms with van der Waals surface area (Å²) < 4.78 is 0. The van der Waals surface area contributed by atoms with E-state index >= 15 is 0 Å². The first-order valence-corrected chi connectivity index (χ1v) is 11.8. The van der Waals surface area contributed by atoms with Gasteiger partial charge in [-0.2, -0.15) is 0 Å². The molecule has 0 aromatic carbocycles. The van der Waals surface area contributed by atoms with Crippen LogP contribution < -0.4 is 0 Å². The number of fused-ring (bicyclic) bond motifs is 5. The van der Waals surface area contributed by atoms with Crippen LogP contribution in [0.4, 0.5) is 0 Å². The molecule has 4 rings (SSSR count). The molecule has 0 radical (unpaired) electrons. The number of aliphatic hydroxyl groups excluding tert-OH is 3. The largest absolute Gasteiger partial charge is 0.396 e. The lowest BCUT2D eigenvalue weighted by Gasteiger charge is -2.62. The minimum atomic E-state index is -0.185. The number of hydrogen-bond acceptors (Lipinski definition) is 3. The van der Waals surface area contributed by atoms with Crippen molar-refractivity contribution in [1.82, 2.24) is 0 Å². The van der Waals surface area contributed by atoms with Crippen LogP contribution in [0.25, 0.3) is 0 Å². The predicted molar refractivity (Wildman–Crippen MR) is 108 cm³/mol. The van der Waals surface area contributed by atoms with Crippen molar-refractivity contribution >= 4 is 0 Å². The molecule has 3 nitrogen and oxygen atoms in total. The minimum absolute atomic E-state index is 0.0629. The van der Waals surface area contributed by atoms with E-state index in [1.807, 2.05) is 0 Å². The van der Waals surface area contributed by atoms with Crippen molar-refractivity contribution < 1.29 is 15.3 Å². The fraction of sp³-hybridized carbons (Fsp3) is 1.00. The predicted octanol–water partition coefficient (Wildman–Crippen LogP) is 4.39. The molecule has 4 saturated carbocycles. The molecule has 156 valence electrons. The third-order valence-corrected chi connectivity index (χ3v) is 10.3. The molecule has 0 aromatic heterocycles. The quantitative estimate of drug-likeness (QED) is 0.680. The Labute approximate surface area is 165 Å². The Kier molecular flexibility index (Phi) is 5.44. The van der Waals surface area contributed by atoms with Crippen LogP contribution in [-0.2, 0) is 0 Å². The van der Waals surface area contributed by atoms with Gasteiger partial charge in [-0.3, -0.25) is 0 Å². The molecule has 10 unspecified atom stereocenters. The molecule has 0 aliphatic heterocycles. The van der Waals surface area contributed by atoms with E-state index in [1.54, 1.807) is 0 Å². The molecule has 0 bridgehead atoms. The SMILES string of the molecule is CC(CCCO)C1CCC2C3CCC4CC(O)CCC4(C)C3CC(O)C12C. The Bertz CT molecular complexity index is 536. The third-order valence-electron chi connectivity index (χ3n) is 10.3. The van der Waals surface area contributed by atoms with Gasteiger partial charge in [-0.15, -0.1) is 0 Å². The molecule has 4 fully saturated rings. The normalized spacial score (nSPS) is 53.3. The van der Waals surface area contributed by atoms with Gasteiger partial charge in [0, 0.05) is 6.61 Å². The first-order valence-electron chi connectivity index (χ1n) is 11.8. The van der Waals surface area contributed by atoms with E-state index in [4.69, 9.17) is 0 Å². The average molecular weight is 379 g/mol. The molecule has 0 amide bonds. The van der Waals surface area contributed by atoms with Gasteiger partial charge in [-0.1, -0.05) is 20.8 Å². The van der Waals surface area contributed by atoms with Crippen LogP contribution in [0.1, 0.15) is 85.0 Å². The molecule has 3 N–H and O–H groups in total. The van der Waals surface area contributed by atoms with E-state index in [2.05, 4.69) is 20.8 Å². The topological polar surface area (TPSA) is 60.7 Å². The smallest absolute Gasteiger partial charge is 0.0602 e. The first-order chi connectivity index (χ1) is 12.8. The van der Waals surface area contributed by atoms with Crippen LogP contribution in [-0.4, -0.2) is 34.1 Å². The van der Waals surface area contributed by atoms with Crippen molar-refractivity contribution in [3.8, 4) is 0 Å². The first kappa shape index (κ1) is 20.2. The zero-order chi connectivity index (χ0) is 19.4. The highest BCUT2D eigenvalue weighted by Crippen LogP contribution is 2.68. The maximum absolute atomic E-state index is 11.5. The van der Waals surface area contributed by atoms with Gasteiger partial charge >= 0.3 is 0 Å². The van der Waals surface area contributed by atoms with Crippen LogP contribution in [0.15, 0.2) is 0 Å². The van der Waals surface area contributed by atoms with E-state index in [9.17, 15) is 15.3 Å². The van der Waals surface area contributed by atoms with Crippen LogP contribution >= 0.6 is 0 Å². The Morgan fingerprint density at radius 2 is 1.74 bits per heavy atom. The summed E-state index contributed by atoms with van der Waals surface area (Å²) in [5.74, 6) is 3.92. The molecule has 27 heavy (non-hydrogen) atoms. The molecular formula is C24H42O3. The lowest BCUT2D eigenvalue weighted by atomic mass is 9.43. The Morgan fingerprint density at radius 1 is 0.963 bits per heavy atom. The van der Waals surface area contributed by atoms with Crippen molar-refractivity contribution in [2.24, 2.45) is 46.3 Å². The Morgan fingerprint density at radius 3 is 2.48 bits per heavy atom. The van der Waals surface area contributed by atoms with E-state index in [0.717, 1.165) is 44.4 Å². The molecule has 4 aliphatic carbocycles. The standard InChI is InChI=1S/C24H42O3/c1-15(5-4-12-25)19-8-9-20-18-7-6-16-13-17(26)10-11-23(16,2)21(18)14-22(27)24(19,20)3/h15-22,25-27H,4-14H2,1-3H3. The Hall–Kier alpha value is -0.120. The van der Waals surface area contributed by atoms with Crippen molar-refractivity contribution in [3.05, 3.63) is 0 Å². The monoisotopic (exact) mass is 378 g/mol. The minimum Gasteiger partial charge on any atom is -0.396 e. The second-order valence-electron chi connectivity index (χ2n) is 11.2. The summed E-state index contributed by atoms with van der Waals surface area (Å²) in [7, 11) is 0. The maximum atomic E-state index is 11.5. The third kappa shape index (κ3) is 3.02. The van der Waals surface area contributed by atoms with Gasteiger partial charge in [-0.25, -0.2) is 0 Å². The Balaban J connectivity index is 1.58.